The molecular weight excluding hydrogens is 364 g/mol. The number of aromatic nitrogens is 1. The lowest BCUT2D eigenvalue weighted by Crippen LogP contribution is -2.35. The second-order valence-electron chi connectivity index (χ2n) is 7.73. The number of hydrogen-bond acceptors (Lipinski definition) is 4. The van der Waals surface area contributed by atoms with Crippen LogP contribution in [0.5, 0.6) is 11.5 Å². The number of anilines is 1. The summed E-state index contributed by atoms with van der Waals surface area (Å²) in [5, 5.41) is 0. The molecule has 1 aliphatic heterocycles. The summed E-state index contributed by atoms with van der Waals surface area (Å²) in [5.74, 6) is 1.77. The number of fused-ring (bicyclic) bond motifs is 1. The van der Waals surface area contributed by atoms with E-state index < -0.39 is 0 Å². The van der Waals surface area contributed by atoms with Crippen LogP contribution in [0.15, 0.2) is 72.9 Å². The first-order valence-electron chi connectivity index (χ1n) is 9.71. The second kappa shape index (κ2) is 7.95. The highest BCUT2D eigenvalue weighted by Gasteiger charge is 2.32. The van der Waals surface area contributed by atoms with E-state index in [1.54, 1.807) is 11.1 Å². The number of carbonyl (C=O) groups is 1. The molecule has 0 atom stereocenters. The summed E-state index contributed by atoms with van der Waals surface area (Å²) in [6, 6.07) is 21.2. The van der Waals surface area contributed by atoms with E-state index in [1.165, 1.54) is 0 Å². The van der Waals surface area contributed by atoms with Crippen LogP contribution in [-0.4, -0.2) is 23.1 Å². The van der Waals surface area contributed by atoms with Crippen molar-refractivity contribution in [3.63, 3.8) is 0 Å². The van der Waals surface area contributed by atoms with Gasteiger partial charge in [0.2, 0.25) is 0 Å². The summed E-state index contributed by atoms with van der Waals surface area (Å²) in [6.45, 7) is 4.43. The minimum atomic E-state index is -0.265. The van der Waals surface area contributed by atoms with Gasteiger partial charge in [0.1, 0.15) is 11.4 Å². The number of carbonyl (C=O) groups excluding carboxylic acids is 1. The van der Waals surface area contributed by atoms with Crippen molar-refractivity contribution in [3.05, 3.63) is 84.1 Å². The lowest BCUT2D eigenvalue weighted by molar-refractivity contribution is -0.120. The molecule has 0 radical (unpaired) electrons. The van der Waals surface area contributed by atoms with E-state index in [-0.39, 0.29) is 18.1 Å². The summed E-state index contributed by atoms with van der Waals surface area (Å²) in [6.07, 6.45) is 2.50. The molecule has 0 saturated carbocycles. The smallest absolute Gasteiger partial charge is 0.266 e. The number of hydrogen-bond donors (Lipinski definition) is 0. The van der Waals surface area contributed by atoms with Crippen molar-refractivity contribution in [3.8, 4) is 11.5 Å². The first kappa shape index (κ1) is 19.0. The summed E-state index contributed by atoms with van der Waals surface area (Å²) >= 11 is 0. The number of pyridine rings is 1. The lowest BCUT2D eigenvalue weighted by atomic mass is 10.0. The molecule has 5 nitrogen and oxygen atoms in total. The van der Waals surface area contributed by atoms with Crippen LogP contribution < -0.4 is 14.4 Å². The van der Waals surface area contributed by atoms with Gasteiger partial charge in [-0.25, -0.2) is 4.98 Å². The van der Waals surface area contributed by atoms with Crippen LogP contribution in [-0.2, 0) is 17.8 Å². The van der Waals surface area contributed by atoms with Gasteiger partial charge in [-0.1, -0.05) is 48.5 Å². The SMILES string of the molecule is CC1(C)Cc2cccc(OCC(=O)N(Cc3ccccc3)c3ccccn3)c2O1. The van der Waals surface area contributed by atoms with Gasteiger partial charge in [-0.05, 0) is 37.6 Å². The van der Waals surface area contributed by atoms with Crippen molar-refractivity contribution < 1.29 is 14.3 Å². The Bertz CT molecular complexity index is 988. The fraction of sp³-hybridized carbons (Fsp3) is 0.250. The van der Waals surface area contributed by atoms with Crippen LogP contribution in [0.4, 0.5) is 5.82 Å². The number of amides is 1. The Hall–Kier alpha value is -3.34. The van der Waals surface area contributed by atoms with Gasteiger partial charge in [0.25, 0.3) is 5.91 Å². The van der Waals surface area contributed by atoms with Crippen LogP contribution >= 0.6 is 0 Å². The monoisotopic (exact) mass is 388 g/mol. The third-order valence-electron chi connectivity index (χ3n) is 4.82. The molecule has 2 heterocycles. The molecule has 1 aromatic heterocycles. The molecule has 1 aliphatic rings. The molecule has 5 heteroatoms. The highest BCUT2D eigenvalue weighted by Crippen LogP contribution is 2.41. The van der Waals surface area contributed by atoms with Gasteiger partial charge in [-0.2, -0.15) is 0 Å². The van der Waals surface area contributed by atoms with Gasteiger partial charge in [-0.15, -0.1) is 0 Å². The third-order valence-corrected chi connectivity index (χ3v) is 4.82. The normalized spacial score (nSPS) is 14.0. The van der Waals surface area contributed by atoms with Crippen molar-refractivity contribution in [1.29, 1.82) is 0 Å². The first-order chi connectivity index (χ1) is 14.0. The van der Waals surface area contributed by atoms with Crippen molar-refractivity contribution in [1.82, 2.24) is 4.98 Å². The first-order valence-corrected chi connectivity index (χ1v) is 9.71. The predicted molar refractivity (Wildman–Crippen MR) is 112 cm³/mol. The van der Waals surface area contributed by atoms with E-state index >= 15 is 0 Å². The summed E-state index contributed by atoms with van der Waals surface area (Å²) in [7, 11) is 0. The number of nitrogens with zero attached hydrogens (tertiary/aromatic N) is 2. The standard InChI is InChI=1S/C24H24N2O3/c1-24(2)15-19-11-8-12-20(23(19)29-24)28-17-22(27)26(21-13-6-7-14-25-21)16-18-9-4-3-5-10-18/h3-14H,15-17H2,1-2H3. The fourth-order valence-corrected chi connectivity index (χ4v) is 3.49. The summed E-state index contributed by atoms with van der Waals surface area (Å²) in [5.41, 5.74) is 1.86. The highest BCUT2D eigenvalue weighted by atomic mass is 16.5. The van der Waals surface area contributed by atoms with Crippen LogP contribution in [0.2, 0.25) is 0 Å². The number of benzene rings is 2. The molecule has 148 valence electrons. The molecule has 0 spiro atoms. The zero-order valence-electron chi connectivity index (χ0n) is 16.7. The molecule has 0 N–H and O–H groups in total. The number of ether oxygens (including phenoxy) is 2. The summed E-state index contributed by atoms with van der Waals surface area (Å²) < 4.78 is 11.9. The largest absolute Gasteiger partial charge is 0.483 e. The maximum atomic E-state index is 13.1. The Morgan fingerprint density at radius 1 is 1.07 bits per heavy atom. The molecule has 29 heavy (non-hydrogen) atoms. The van der Waals surface area contributed by atoms with Crippen LogP contribution in [0.3, 0.4) is 0 Å². The minimum Gasteiger partial charge on any atom is -0.483 e. The van der Waals surface area contributed by atoms with E-state index in [1.807, 2.05) is 80.6 Å². The van der Waals surface area contributed by atoms with E-state index in [2.05, 4.69) is 4.98 Å². The quantitative estimate of drug-likeness (QED) is 0.628. The van der Waals surface area contributed by atoms with Crippen LogP contribution in [0, 0.1) is 0 Å². The van der Waals surface area contributed by atoms with Crippen LogP contribution in [0.1, 0.15) is 25.0 Å². The Kier molecular flexibility index (Phi) is 5.21. The minimum absolute atomic E-state index is 0.0936. The van der Waals surface area contributed by atoms with E-state index in [0.29, 0.717) is 18.1 Å². The topological polar surface area (TPSA) is 51.7 Å². The molecular formula is C24H24N2O3. The Labute approximate surface area is 170 Å². The molecule has 0 bridgehead atoms. The Balaban J connectivity index is 1.52. The lowest BCUT2D eigenvalue weighted by Gasteiger charge is -2.22. The molecule has 3 aromatic rings. The molecule has 2 aromatic carbocycles. The maximum absolute atomic E-state index is 13.1. The molecule has 0 saturated heterocycles. The molecule has 0 fully saturated rings. The van der Waals surface area contributed by atoms with Gasteiger partial charge in [0, 0.05) is 18.2 Å². The third kappa shape index (κ3) is 4.40. The van der Waals surface area contributed by atoms with E-state index in [0.717, 1.165) is 23.3 Å². The zero-order valence-corrected chi connectivity index (χ0v) is 16.7. The van der Waals surface area contributed by atoms with Gasteiger partial charge < -0.3 is 9.47 Å². The van der Waals surface area contributed by atoms with Gasteiger partial charge >= 0.3 is 0 Å². The van der Waals surface area contributed by atoms with E-state index in [4.69, 9.17) is 9.47 Å². The molecule has 0 aliphatic carbocycles. The fourth-order valence-electron chi connectivity index (χ4n) is 3.49. The number of para-hydroxylation sites is 1. The average molecular weight is 388 g/mol. The van der Waals surface area contributed by atoms with Crippen LogP contribution in [0.25, 0.3) is 0 Å². The Morgan fingerprint density at radius 2 is 1.86 bits per heavy atom. The molecule has 4 rings (SSSR count). The molecule has 0 unspecified atom stereocenters. The summed E-state index contributed by atoms with van der Waals surface area (Å²) in [4.78, 5) is 19.1. The van der Waals surface area contributed by atoms with Gasteiger partial charge in [0.05, 0.1) is 6.54 Å². The zero-order chi connectivity index (χ0) is 20.3. The van der Waals surface area contributed by atoms with Crippen molar-refractivity contribution in [2.75, 3.05) is 11.5 Å². The average Bonchev–Trinajstić information content (AvgIpc) is 3.06. The van der Waals surface area contributed by atoms with E-state index in [9.17, 15) is 4.79 Å². The number of rotatable bonds is 6. The maximum Gasteiger partial charge on any atom is 0.266 e. The Morgan fingerprint density at radius 3 is 2.62 bits per heavy atom. The second-order valence-corrected chi connectivity index (χ2v) is 7.73. The van der Waals surface area contributed by atoms with Gasteiger partial charge in [-0.3, -0.25) is 9.69 Å². The van der Waals surface area contributed by atoms with Crippen molar-refractivity contribution >= 4 is 11.7 Å². The van der Waals surface area contributed by atoms with Gasteiger partial charge in [0.15, 0.2) is 18.1 Å². The molecule has 1 amide bonds. The van der Waals surface area contributed by atoms with Crippen molar-refractivity contribution in [2.24, 2.45) is 0 Å². The predicted octanol–water partition coefficient (Wildman–Crippen LogP) is 4.41. The highest BCUT2D eigenvalue weighted by molar-refractivity contribution is 5.93. The van der Waals surface area contributed by atoms with Crippen molar-refractivity contribution in [2.45, 2.75) is 32.4 Å².